The molecule has 3 rings (SSSR count). The maximum atomic E-state index is 12.3. The summed E-state index contributed by atoms with van der Waals surface area (Å²) in [5.41, 5.74) is 1.56. The zero-order valence-corrected chi connectivity index (χ0v) is 13.8. The molecular formula is C19H23N3O2. The summed E-state index contributed by atoms with van der Waals surface area (Å²) >= 11 is 0. The minimum Gasteiger partial charge on any atom is -0.388 e. The lowest BCUT2D eigenvalue weighted by atomic mass is 10.0. The molecule has 1 aliphatic rings. The highest BCUT2D eigenvalue weighted by Crippen LogP contribution is 2.39. The Labute approximate surface area is 142 Å². The van der Waals surface area contributed by atoms with Crippen LogP contribution in [0, 0.1) is 5.92 Å². The van der Waals surface area contributed by atoms with Crippen molar-refractivity contribution < 1.29 is 9.90 Å². The fourth-order valence-corrected chi connectivity index (χ4v) is 2.68. The number of hydrogen-bond acceptors (Lipinski definition) is 4. The second kappa shape index (κ2) is 7.01. The van der Waals surface area contributed by atoms with Gasteiger partial charge in [-0.1, -0.05) is 12.1 Å². The molecule has 1 atom stereocenters. The molecule has 1 aliphatic carbocycles. The van der Waals surface area contributed by atoms with Gasteiger partial charge in [0.15, 0.2) is 0 Å². The number of anilines is 1. The predicted molar refractivity (Wildman–Crippen MR) is 93.7 cm³/mol. The molecule has 1 aromatic heterocycles. The Bertz CT molecular complexity index is 697. The highest BCUT2D eigenvalue weighted by Gasteiger charge is 2.39. The Kier molecular flexibility index (Phi) is 4.81. The van der Waals surface area contributed by atoms with E-state index in [2.05, 4.69) is 15.6 Å². The van der Waals surface area contributed by atoms with Crippen molar-refractivity contribution >= 4 is 11.6 Å². The van der Waals surface area contributed by atoms with Gasteiger partial charge >= 0.3 is 0 Å². The lowest BCUT2D eigenvalue weighted by Gasteiger charge is -2.23. The summed E-state index contributed by atoms with van der Waals surface area (Å²) in [6, 6.07) is 13.1. The molecule has 0 aliphatic heterocycles. The monoisotopic (exact) mass is 325 g/mol. The molecular weight excluding hydrogens is 302 g/mol. The number of aliphatic hydroxyl groups is 1. The summed E-state index contributed by atoms with van der Waals surface area (Å²) in [7, 11) is 0. The van der Waals surface area contributed by atoms with E-state index in [1.54, 1.807) is 19.2 Å². The Balaban J connectivity index is 1.56. The highest BCUT2D eigenvalue weighted by atomic mass is 16.3. The van der Waals surface area contributed by atoms with Gasteiger partial charge in [-0.3, -0.25) is 9.78 Å². The van der Waals surface area contributed by atoms with Crippen LogP contribution < -0.4 is 10.6 Å². The summed E-state index contributed by atoms with van der Waals surface area (Å²) < 4.78 is 0. The number of hydrogen-bond donors (Lipinski definition) is 3. The maximum Gasteiger partial charge on any atom is 0.251 e. The van der Waals surface area contributed by atoms with Crippen LogP contribution in [0.15, 0.2) is 48.7 Å². The molecule has 0 radical (unpaired) electrons. The normalized spacial score (nSPS) is 16.2. The van der Waals surface area contributed by atoms with Crippen molar-refractivity contribution in [3.8, 4) is 0 Å². The molecule has 3 N–H and O–H groups in total. The first-order chi connectivity index (χ1) is 11.5. The molecule has 1 saturated carbocycles. The van der Waals surface area contributed by atoms with Gasteiger partial charge in [0.2, 0.25) is 0 Å². The van der Waals surface area contributed by atoms with Crippen LogP contribution >= 0.6 is 0 Å². The summed E-state index contributed by atoms with van der Waals surface area (Å²) in [4.78, 5) is 16.6. The first-order valence-corrected chi connectivity index (χ1v) is 8.29. The zero-order chi connectivity index (χ0) is 17.0. The highest BCUT2D eigenvalue weighted by molar-refractivity contribution is 5.95. The predicted octanol–water partition coefficient (Wildman–Crippen LogP) is 2.58. The Morgan fingerprint density at radius 1 is 1.29 bits per heavy atom. The fraction of sp³-hybridized carbons (Fsp3) is 0.368. The van der Waals surface area contributed by atoms with Crippen molar-refractivity contribution in [3.63, 3.8) is 0 Å². The molecule has 1 unspecified atom stereocenters. The second-order valence-electron chi connectivity index (χ2n) is 6.57. The topological polar surface area (TPSA) is 74.2 Å². The van der Waals surface area contributed by atoms with Crippen LogP contribution in [-0.2, 0) is 6.54 Å². The van der Waals surface area contributed by atoms with Gasteiger partial charge in [0, 0.05) is 24.0 Å². The van der Waals surface area contributed by atoms with Crippen LogP contribution in [0.3, 0.4) is 0 Å². The lowest BCUT2D eigenvalue weighted by Crippen LogP contribution is -2.42. The second-order valence-corrected chi connectivity index (χ2v) is 6.57. The third kappa shape index (κ3) is 4.32. The molecule has 0 bridgehead atoms. The van der Waals surface area contributed by atoms with Crippen molar-refractivity contribution in [2.24, 2.45) is 5.92 Å². The number of rotatable bonds is 7. The first kappa shape index (κ1) is 16.5. The molecule has 126 valence electrons. The molecule has 5 heteroatoms. The number of carbonyl (C=O) groups is 1. The van der Waals surface area contributed by atoms with Gasteiger partial charge < -0.3 is 15.7 Å². The van der Waals surface area contributed by atoms with E-state index in [0.29, 0.717) is 18.0 Å². The van der Waals surface area contributed by atoms with Gasteiger partial charge in [0.05, 0.1) is 17.8 Å². The zero-order valence-electron chi connectivity index (χ0n) is 13.8. The lowest BCUT2D eigenvalue weighted by molar-refractivity contribution is 0.0354. The van der Waals surface area contributed by atoms with Crippen LogP contribution in [0.25, 0.3) is 0 Å². The Hall–Kier alpha value is -2.40. The van der Waals surface area contributed by atoms with Gasteiger partial charge in [0.25, 0.3) is 5.91 Å². The van der Waals surface area contributed by atoms with E-state index < -0.39 is 5.60 Å². The quantitative estimate of drug-likeness (QED) is 0.731. The summed E-state index contributed by atoms with van der Waals surface area (Å²) in [6.45, 7) is 2.67. The third-order valence-corrected chi connectivity index (χ3v) is 4.39. The maximum absolute atomic E-state index is 12.3. The number of carbonyl (C=O) groups excluding carboxylic acids is 1. The molecule has 1 heterocycles. The van der Waals surface area contributed by atoms with Crippen molar-refractivity contribution in [1.82, 2.24) is 10.3 Å². The summed E-state index contributed by atoms with van der Waals surface area (Å²) in [5.74, 6) is 0.140. The summed E-state index contributed by atoms with van der Waals surface area (Å²) in [6.07, 6.45) is 3.83. The van der Waals surface area contributed by atoms with Crippen LogP contribution in [0.5, 0.6) is 0 Å². The van der Waals surface area contributed by atoms with E-state index in [1.807, 2.05) is 36.4 Å². The van der Waals surface area contributed by atoms with Gasteiger partial charge in [-0.2, -0.15) is 0 Å². The van der Waals surface area contributed by atoms with Crippen molar-refractivity contribution in [2.75, 3.05) is 11.9 Å². The molecule has 2 aromatic rings. The summed E-state index contributed by atoms with van der Waals surface area (Å²) in [5, 5.41) is 16.4. The largest absolute Gasteiger partial charge is 0.388 e. The van der Waals surface area contributed by atoms with Gasteiger partial charge in [-0.25, -0.2) is 0 Å². The Morgan fingerprint density at radius 3 is 2.83 bits per heavy atom. The van der Waals surface area contributed by atoms with Gasteiger partial charge in [-0.15, -0.1) is 0 Å². The Morgan fingerprint density at radius 2 is 2.12 bits per heavy atom. The molecule has 1 fully saturated rings. The minimum atomic E-state index is -0.815. The number of benzene rings is 1. The van der Waals surface area contributed by atoms with Crippen LogP contribution in [-0.4, -0.2) is 28.1 Å². The number of aromatic nitrogens is 1. The average Bonchev–Trinajstić information content (AvgIpc) is 3.45. The average molecular weight is 325 g/mol. The van der Waals surface area contributed by atoms with Gasteiger partial charge in [0.1, 0.15) is 0 Å². The standard InChI is InChI=1S/C19H23N3O2/c1-19(24,15-8-9-15)13-22-18(23)14-5-4-7-16(11-14)21-12-17-6-2-3-10-20-17/h2-7,10-11,15,21,24H,8-9,12-13H2,1H3,(H,22,23). The SMILES string of the molecule is CC(O)(CNC(=O)c1cccc(NCc2ccccn2)c1)C1CC1. The molecule has 24 heavy (non-hydrogen) atoms. The molecule has 0 saturated heterocycles. The van der Waals surface area contributed by atoms with E-state index >= 15 is 0 Å². The molecule has 1 aromatic carbocycles. The van der Waals surface area contributed by atoms with E-state index in [4.69, 9.17) is 0 Å². The number of nitrogens with zero attached hydrogens (tertiary/aromatic N) is 1. The van der Waals surface area contributed by atoms with Crippen molar-refractivity contribution in [2.45, 2.75) is 31.9 Å². The van der Waals surface area contributed by atoms with Crippen molar-refractivity contribution in [3.05, 3.63) is 59.9 Å². The van der Waals surface area contributed by atoms with Crippen LogP contribution in [0.1, 0.15) is 35.8 Å². The number of amides is 1. The van der Waals surface area contributed by atoms with E-state index in [9.17, 15) is 9.90 Å². The van der Waals surface area contributed by atoms with Crippen LogP contribution in [0.2, 0.25) is 0 Å². The fourth-order valence-electron chi connectivity index (χ4n) is 2.68. The molecule has 1 amide bonds. The smallest absolute Gasteiger partial charge is 0.251 e. The van der Waals surface area contributed by atoms with Crippen LogP contribution in [0.4, 0.5) is 5.69 Å². The van der Waals surface area contributed by atoms with E-state index in [1.165, 1.54) is 0 Å². The first-order valence-electron chi connectivity index (χ1n) is 8.29. The minimum absolute atomic E-state index is 0.169. The van der Waals surface area contributed by atoms with Crippen molar-refractivity contribution in [1.29, 1.82) is 0 Å². The van der Waals surface area contributed by atoms with E-state index in [0.717, 1.165) is 24.2 Å². The molecule has 5 nitrogen and oxygen atoms in total. The number of nitrogens with one attached hydrogen (secondary N) is 2. The number of pyridine rings is 1. The van der Waals surface area contributed by atoms with E-state index in [-0.39, 0.29) is 12.5 Å². The van der Waals surface area contributed by atoms with Gasteiger partial charge in [-0.05, 0) is 56.0 Å². The molecule has 0 spiro atoms. The third-order valence-electron chi connectivity index (χ3n) is 4.39.